The first-order valence-electron chi connectivity index (χ1n) is 5.91. The lowest BCUT2D eigenvalue weighted by atomic mass is 9.92. The molecule has 0 bridgehead atoms. The average Bonchev–Trinajstić information content (AvgIpc) is 2.74. The Balaban J connectivity index is 2.44. The number of hydrogen-bond acceptors (Lipinski definition) is 1. The van der Waals surface area contributed by atoms with Gasteiger partial charge in [0.25, 0.3) is 0 Å². The number of aromatic amines is 1. The van der Waals surface area contributed by atoms with Crippen molar-refractivity contribution in [3.63, 3.8) is 0 Å². The van der Waals surface area contributed by atoms with Crippen LogP contribution in [0.1, 0.15) is 31.2 Å². The first kappa shape index (κ1) is 11.2. The molecule has 0 unspecified atom stereocenters. The van der Waals surface area contributed by atoms with Crippen molar-refractivity contribution >= 4 is 12.2 Å². The van der Waals surface area contributed by atoms with Crippen LogP contribution in [0.15, 0.2) is 18.9 Å². The molecular weight excluding hydrogens is 198 g/mol. The number of H-pyrrole nitrogens is 1. The molecule has 1 aliphatic heterocycles. The summed E-state index contributed by atoms with van der Waals surface area (Å²) in [6.07, 6.45) is 10.5. The third-order valence-electron chi connectivity index (χ3n) is 3.22. The highest BCUT2D eigenvalue weighted by Crippen LogP contribution is 2.23. The van der Waals surface area contributed by atoms with E-state index in [9.17, 15) is 0 Å². The van der Waals surface area contributed by atoms with E-state index >= 15 is 0 Å². The van der Waals surface area contributed by atoms with Crippen LogP contribution in [0.25, 0.3) is 12.2 Å². The summed E-state index contributed by atoms with van der Waals surface area (Å²) < 4.78 is 5.41. The molecule has 2 rings (SSSR count). The normalized spacial score (nSPS) is 20.3. The Hall–Kier alpha value is -1.28. The largest absolute Gasteiger partial charge is 0.381 e. The van der Waals surface area contributed by atoms with Crippen LogP contribution in [0.2, 0.25) is 0 Å². The van der Waals surface area contributed by atoms with Gasteiger partial charge in [-0.2, -0.15) is 0 Å². The summed E-state index contributed by atoms with van der Waals surface area (Å²) in [7, 11) is 0. The fourth-order valence-electron chi connectivity index (χ4n) is 2.36. The monoisotopic (exact) mass is 217 g/mol. The number of nitrogens with one attached hydrogen (secondary N) is 1. The minimum Gasteiger partial charge on any atom is -0.381 e. The summed E-state index contributed by atoms with van der Waals surface area (Å²) in [6.45, 7) is 7.61. The number of allylic oxidation sites excluding steroid dienone is 1. The van der Waals surface area contributed by atoms with Crippen molar-refractivity contribution in [2.45, 2.75) is 25.7 Å². The average molecular weight is 217 g/mol. The van der Waals surface area contributed by atoms with Gasteiger partial charge < -0.3 is 9.72 Å². The van der Waals surface area contributed by atoms with E-state index in [4.69, 9.17) is 4.74 Å². The Morgan fingerprint density at radius 3 is 2.81 bits per heavy atom. The predicted octanol–water partition coefficient (Wildman–Crippen LogP) is 1.68. The highest BCUT2D eigenvalue weighted by molar-refractivity contribution is 5.41. The molecule has 2 nitrogen and oxygen atoms in total. The molecule has 0 radical (unpaired) electrons. The number of hydrogen-bond donors (Lipinski definition) is 1. The zero-order chi connectivity index (χ0) is 11.4. The molecule has 2 heterocycles. The summed E-state index contributed by atoms with van der Waals surface area (Å²) in [5.41, 5.74) is 1.41. The van der Waals surface area contributed by atoms with E-state index in [-0.39, 0.29) is 0 Å². The van der Waals surface area contributed by atoms with Gasteiger partial charge in [-0.1, -0.05) is 24.8 Å². The molecule has 1 fully saturated rings. The van der Waals surface area contributed by atoms with E-state index in [1.54, 1.807) is 0 Å². The molecule has 0 aliphatic carbocycles. The van der Waals surface area contributed by atoms with Gasteiger partial charge in [-0.3, -0.25) is 0 Å². The fourth-order valence-corrected chi connectivity index (χ4v) is 2.36. The smallest absolute Gasteiger partial charge is 0.0471 e. The Labute approximate surface area is 96.3 Å². The van der Waals surface area contributed by atoms with Gasteiger partial charge in [-0.25, -0.2) is 0 Å². The zero-order valence-electron chi connectivity index (χ0n) is 9.83. The topological polar surface area (TPSA) is 25.0 Å². The quantitative estimate of drug-likeness (QED) is 0.801. The first-order chi connectivity index (χ1) is 7.86. The second-order valence-corrected chi connectivity index (χ2v) is 4.15. The van der Waals surface area contributed by atoms with Crippen LogP contribution < -0.4 is 10.6 Å². The number of aromatic nitrogens is 1. The molecule has 1 N–H and O–H groups in total. The van der Waals surface area contributed by atoms with Crippen molar-refractivity contribution in [1.82, 2.24) is 4.98 Å². The zero-order valence-corrected chi connectivity index (χ0v) is 9.83. The summed E-state index contributed by atoms with van der Waals surface area (Å²) >= 11 is 0. The molecule has 16 heavy (non-hydrogen) atoms. The molecule has 1 aliphatic rings. The third kappa shape index (κ3) is 2.12. The first-order valence-corrected chi connectivity index (χ1v) is 5.91. The second-order valence-electron chi connectivity index (χ2n) is 4.15. The molecular formula is C14H19NO. The standard InChI is InChI=1S/C14H19NO/c1-3-5-12-13(10-15-14(12)4-2)11-6-8-16-9-7-11/h3-5,10-11,15H,1,6-9H2,2H3/b12-5-,14-4+. The highest BCUT2D eigenvalue weighted by Gasteiger charge is 2.17. The molecule has 86 valence electrons. The van der Waals surface area contributed by atoms with Gasteiger partial charge in [0.1, 0.15) is 0 Å². The van der Waals surface area contributed by atoms with Gasteiger partial charge in [0.2, 0.25) is 0 Å². The molecule has 1 saturated heterocycles. The lowest BCUT2D eigenvalue weighted by Crippen LogP contribution is -2.27. The summed E-state index contributed by atoms with van der Waals surface area (Å²) in [5.74, 6) is 0.630. The van der Waals surface area contributed by atoms with Crippen LogP contribution in [0.3, 0.4) is 0 Å². The Morgan fingerprint density at radius 1 is 1.44 bits per heavy atom. The van der Waals surface area contributed by atoms with Crippen molar-refractivity contribution < 1.29 is 4.74 Å². The minimum atomic E-state index is 0.630. The van der Waals surface area contributed by atoms with Crippen LogP contribution in [0.4, 0.5) is 0 Å². The molecule has 0 saturated carbocycles. The van der Waals surface area contributed by atoms with Crippen LogP contribution in [0.5, 0.6) is 0 Å². The third-order valence-corrected chi connectivity index (χ3v) is 3.22. The second kappa shape index (κ2) is 5.17. The predicted molar refractivity (Wildman–Crippen MR) is 67.6 cm³/mol. The van der Waals surface area contributed by atoms with Gasteiger partial charge in [-0.15, -0.1) is 0 Å². The fraction of sp³-hybridized carbons (Fsp3) is 0.429. The van der Waals surface area contributed by atoms with Crippen LogP contribution in [-0.2, 0) is 4.74 Å². The maximum atomic E-state index is 5.41. The van der Waals surface area contributed by atoms with E-state index < -0.39 is 0 Å². The summed E-state index contributed by atoms with van der Waals surface area (Å²) in [4.78, 5) is 3.33. The molecule has 0 amide bonds. The van der Waals surface area contributed by atoms with E-state index in [1.165, 1.54) is 16.1 Å². The van der Waals surface area contributed by atoms with E-state index in [2.05, 4.69) is 36.8 Å². The van der Waals surface area contributed by atoms with E-state index in [1.807, 2.05) is 6.08 Å². The van der Waals surface area contributed by atoms with Crippen molar-refractivity contribution in [1.29, 1.82) is 0 Å². The summed E-state index contributed by atoms with van der Waals surface area (Å²) in [6, 6.07) is 0. The van der Waals surface area contributed by atoms with Crippen molar-refractivity contribution in [3.8, 4) is 0 Å². The van der Waals surface area contributed by atoms with Crippen LogP contribution >= 0.6 is 0 Å². The highest BCUT2D eigenvalue weighted by atomic mass is 16.5. The van der Waals surface area contributed by atoms with Crippen LogP contribution in [-0.4, -0.2) is 18.2 Å². The minimum absolute atomic E-state index is 0.630. The van der Waals surface area contributed by atoms with Gasteiger partial charge >= 0.3 is 0 Å². The van der Waals surface area contributed by atoms with Crippen molar-refractivity contribution in [2.75, 3.05) is 13.2 Å². The Kier molecular flexibility index (Phi) is 3.62. The van der Waals surface area contributed by atoms with Gasteiger partial charge in [0.15, 0.2) is 0 Å². The van der Waals surface area contributed by atoms with Gasteiger partial charge in [-0.05, 0) is 31.2 Å². The maximum absolute atomic E-state index is 5.41. The molecule has 2 heteroatoms. The van der Waals surface area contributed by atoms with Crippen LogP contribution in [0, 0.1) is 0 Å². The Bertz CT molecular complexity index is 463. The molecule has 1 aromatic heterocycles. The number of ether oxygens (including phenoxy) is 1. The van der Waals surface area contributed by atoms with Gasteiger partial charge in [0.05, 0.1) is 0 Å². The maximum Gasteiger partial charge on any atom is 0.0471 e. The van der Waals surface area contributed by atoms with Crippen molar-refractivity contribution in [3.05, 3.63) is 35.0 Å². The molecule has 0 atom stereocenters. The van der Waals surface area contributed by atoms with E-state index in [0.717, 1.165) is 26.1 Å². The Morgan fingerprint density at radius 2 is 2.19 bits per heavy atom. The van der Waals surface area contributed by atoms with E-state index in [0.29, 0.717) is 5.92 Å². The van der Waals surface area contributed by atoms with Crippen molar-refractivity contribution in [2.24, 2.45) is 0 Å². The van der Waals surface area contributed by atoms with Gasteiger partial charge in [0, 0.05) is 30.0 Å². The number of rotatable bonds is 2. The lowest BCUT2D eigenvalue weighted by molar-refractivity contribution is 0.0852. The lowest BCUT2D eigenvalue weighted by Gasteiger charge is -2.21. The molecule has 0 aromatic carbocycles. The molecule has 0 spiro atoms. The SMILES string of the molecule is C=C/C=c1/c(C2CCOCC2)c[nH]/c1=C/C. The summed E-state index contributed by atoms with van der Waals surface area (Å²) in [5, 5.41) is 2.49. The molecule has 1 aromatic rings.